The molecule has 0 aromatic heterocycles. The van der Waals surface area contributed by atoms with Gasteiger partial charge in [0.05, 0.1) is 0 Å². The Balaban J connectivity index is 3.57. The second-order valence-electron chi connectivity index (χ2n) is 3.37. The zero-order valence-electron chi connectivity index (χ0n) is 8.55. The van der Waals surface area contributed by atoms with Crippen molar-refractivity contribution in [3.8, 4) is 0 Å². The van der Waals surface area contributed by atoms with Crippen molar-refractivity contribution < 1.29 is 4.79 Å². The van der Waals surface area contributed by atoms with E-state index in [1.165, 1.54) is 0 Å². The second kappa shape index (κ2) is 6.00. The molecule has 3 nitrogen and oxygen atoms in total. The van der Waals surface area contributed by atoms with Gasteiger partial charge in [0.25, 0.3) is 0 Å². The summed E-state index contributed by atoms with van der Waals surface area (Å²) in [6.45, 7) is 5.67. The normalized spacial score (nSPS) is 10.4. The summed E-state index contributed by atoms with van der Waals surface area (Å²) in [5.41, 5.74) is 0. The fourth-order valence-corrected chi connectivity index (χ4v) is 1.04. The van der Waals surface area contributed by atoms with Crippen LogP contribution in [0.2, 0.25) is 0 Å². The highest BCUT2D eigenvalue weighted by Gasteiger charge is 2.11. The maximum absolute atomic E-state index is 11.3. The average molecular weight is 172 g/mol. The first-order chi connectivity index (χ1) is 5.59. The van der Waals surface area contributed by atoms with E-state index in [2.05, 4.69) is 5.32 Å². The molecule has 0 aliphatic carbocycles. The Kier molecular flexibility index (Phi) is 5.72. The van der Waals surface area contributed by atoms with Crippen LogP contribution in [0.1, 0.15) is 20.3 Å². The van der Waals surface area contributed by atoms with Crippen molar-refractivity contribution in [2.45, 2.75) is 20.3 Å². The third-order valence-electron chi connectivity index (χ3n) is 1.79. The van der Waals surface area contributed by atoms with Gasteiger partial charge in [0.15, 0.2) is 0 Å². The van der Waals surface area contributed by atoms with Crippen LogP contribution in [0, 0.1) is 5.92 Å². The van der Waals surface area contributed by atoms with E-state index in [-0.39, 0.29) is 11.8 Å². The van der Waals surface area contributed by atoms with Crippen LogP contribution in [0.15, 0.2) is 0 Å². The van der Waals surface area contributed by atoms with Crippen LogP contribution in [0.3, 0.4) is 0 Å². The fourth-order valence-electron chi connectivity index (χ4n) is 1.04. The molecule has 0 bridgehead atoms. The van der Waals surface area contributed by atoms with E-state index < -0.39 is 0 Å². The summed E-state index contributed by atoms with van der Waals surface area (Å²) >= 11 is 0. The van der Waals surface area contributed by atoms with Gasteiger partial charge in [-0.3, -0.25) is 4.79 Å². The zero-order valence-corrected chi connectivity index (χ0v) is 8.55. The molecule has 0 unspecified atom stereocenters. The monoisotopic (exact) mass is 172 g/mol. The van der Waals surface area contributed by atoms with Crippen LogP contribution in [-0.2, 0) is 4.79 Å². The molecule has 0 atom stereocenters. The lowest BCUT2D eigenvalue weighted by Gasteiger charge is -2.18. The van der Waals surface area contributed by atoms with E-state index in [4.69, 9.17) is 0 Å². The Morgan fingerprint density at radius 1 is 1.50 bits per heavy atom. The van der Waals surface area contributed by atoms with Crippen molar-refractivity contribution in [2.24, 2.45) is 5.92 Å². The number of amides is 1. The molecule has 0 radical (unpaired) electrons. The van der Waals surface area contributed by atoms with Crippen LogP contribution in [0.25, 0.3) is 0 Å². The molecular weight excluding hydrogens is 152 g/mol. The Morgan fingerprint density at radius 3 is 2.50 bits per heavy atom. The predicted octanol–water partition coefficient (Wildman–Crippen LogP) is 0.710. The largest absolute Gasteiger partial charge is 0.345 e. The highest BCUT2D eigenvalue weighted by molar-refractivity contribution is 5.77. The Hall–Kier alpha value is -0.570. The molecule has 0 aromatic carbocycles. The molecule has 0 spiro atoms. The summed E-state index contributed by atoms with van der Waals surface area (Å²) in [6, 6.07) is 0. The van der Waals surface area contributed by atoms with Crippen LogP contribution < -0.4 is 5.32 Å². The number of nitrogens with one attached hydrogen (secondary N) is 1. The van der Waals surface area contributed by atoms with Crippen molar-refractivity contribution in [1.29, 1.82) is 0 Å². The summed E-state index contributed by atoms with van der Waals surface area (Å²) < 4.78 is 0. The lowest BCUT2D eigenvalue weighted by atomic mass is 10.2. The van der Waals surface area contributed by atoms with Gasteiger partial charge in [0.2, 0.25) is 5.91 Å². The fraction of sp³-hybridized carbons (Fsp3) is 0.889. The summed E-state index contributed by atoms with van der Waals surface area (Å²) in [7, 11) is 3.78. The molecule has 0 fully saturated rings. The maximum atomic E-state index is 11.3. The van der Waals surface area contributed by atoms with E-state index in [1.807, 2.05) is 27.9 Å². The SMILES string of the molecule is CNCCCN(C)C(=O)C(C)C. The molecule has 12 heavy (non-hydrogen) atoms. The Bertz CT molecular complexity index is 134. The van der Waals surface area contributed by atoms with E-state index in [0.717, 1.165) is 19.5 Å². The lowest BCUT2D eigenvalue weighted by Crippen LogP contribution is -2.32. The van der Waals surface area contributed by atoms with Gasteiger partial charge in [0, 0.05) is 19.5 Å². The van der Waals surface area contributed by atoms with Gasteiger partial charge in [-0.15, -0.1) is 0 Å². The van der Waals surface area contributed by atoms with Crippen LogP contribution in [0.4, 0.5) is 0 Å². The molecule has 0 saturated carbocycles. The average Bonchev–Trinajstić information content (AvgIpc) is 2.03. The topological polar surface area (TPSA) is 32.3 Å². The highest BCUT2D eigenvalue weighted by atomic mass is 16.2. The first-order valence-corrected chi connectivity index (χ1v) is 4.49. The molecule has 0 aromatic rings. The molecule has 1 amide bonds. The van der Waals surface area contributed by atoms with Crippen molar-refractivity contribution in [3.05, 3.63) is 0 Å². The van der Waals surface area contributed by atoms with Crippen molar-refractivity contribution in [3.63, 3.8) is 0 Å². The maximum Gasteiger partial charge on any atom is 0.224 e. The van der Waals surface area contributed by atoms with Gasteiger partial charge in [-0.05, 0) is 20.0 Å². The minimum atomic E-state index is 0.115. The van der Waals surface area contributed by atoms with Gasteiger partial charge in [-0.1, -0.05) is 13.8 Å². The molecule has 0 saturated heterocycles. The van der Waals surface area contributed by atoms with Crippen molar-refractivity contribution in [2.75, 3.05) is 27.2 Å². The Morgan fingerprint density at radius 2 is 2.08 bits per heavy atom. The second-order valence-corrected chi connectivity index (χ2v) is 3.37. The van der Waals surface area contributed by atoms with E-state index in [0.29, 0.717) is 0 Å². The quantitative estimate of drug-likeness (QED) is 0.619. The minimum Gasteiger partial charge on any atom is -0.345 e. The number of carbonyl (C=O) groups is 1. The third kappa shape index (κ3) is 4.34. The molecule has 0 heterocycles. The molecule has 0 aliphatic heterocycles. The Labute approximate surface area is 75.1 Å². The molecule has 0 rings (SSSR count). The first kappa shape index (κ1) is 11.4. The van der Waals surface area contributed by atoms with Crippen LogP contribution in [0.5, 0.6) is 0 Å². The van der Waals surface area contributed by atoms with Gasteiger partial charge < -0.3 is 10.2 Å². The van der Waals surface area contributed by atoms with Gasteiger partial charge in [-0.25, -0.2) is 0 Å². The lowest BCUT2D eigenvalue weighted by molar-refractivity contribution is -0.133. The summed E-state index contributed by atoms with van der Waals surface area (Å²) in [6.07, 6.45) is 1.02. The summed E-state index contributed by atoms with van der Waals surface area (Å²) in [5, 5.41) is 3.05. The number of carbonyl (C=O) groups excluding carboxylic acids is 1. The summed E-state index contributed by atoms with van der Waals surface area (Å²) in [4.78, 5) is 13.1. The molecular formula is C9H20N2O. The third-order valence-corrected chi connectivity index (χ3v) is 1.79. The van der Waals surface area contributed by atoms with E-state index in [9.17, 15) is 4.79 Å². The molecule has 3 heteroatoms. The van der Waals surface area contributed by atoms with E-state index >= 15 is 0 Å². The predicted molar refractivity (Wildman–Crippen MR) is 51.0 cm³/mol. The van der Waals surface area contributed by atoms with Crippen molar-refractivity contribution in [1.82, 2.24) is 10.2 Å². The standard InChI is InChI=1S/C9H20N2O/c1-8(2)9(12)11(4)7-5-6-10-3/h8,10H,5-7H2,1-4H3. The van der Waals surface area contributed by atoms with E-state index in [1.54, 1.807) is 4.90 Å². The molecule has 72 valence electrons. The molecule has 1 N–H and O–H groups in total. The van der Waals surface area contributed by atoms with Gasteiger partial charge in [0.1, 0.15) is 0 Å². The molecule has 0 aliphatic rings. The number of hydrogen-bond acceptors (Lipinski definition) is 2. The number of rotatable bonds is 5. The van der Waals surface area contributed by atoms with Gasteiger partial charge in [-0.2, -0.15) is 0 Å². The smallest absolute Gasteiger partial charge is 0.224 e. The number of hydrogen-bond donors (Lipinski definition) is 1. The minimum absolute atomic E-state index is 0.115. The highest BCUT2D eigenvalue weighted by Crippen LogP contribution is 1.98. The summed E-state index contributed by atoms with van der Waals surface area (Å²) in [5.74, 6) is 0.343. The first-order valence-electron chi connectivity index (χ1n) is 4.49. The van der Waals surface area contributed by atoms with Crippen molar-refractivity contribution >= 4 is 5.91 Å². The number of nitrogens with zero attached hydrogens (tertiary/aromatic N) is 1. The van der Waals surface area contributed by atoms with Crippen LogP contribution in [-0.4, -0.2) is 38.0 Å². The van der Waals surface area contributed by atoms with Crippen LogP contribution >= 0.6 is 0 Å². The zero-order chi connectivity index (χ0) is 9.56. The van der Waals surface area contributed by atoms with Gasteiger partial charge >= 0.3 is 0 Å².